The number of ether oxygens (including phenoxy) is 1. The molecule has 1 unspecified atom stereocenters. The maximum atomic E-state index is 11.7. The van der Waals surface area contributed by atoms with Gasteiger partial charge < -0.3 is 9.30 Å². The summed E-state index contributed by atoms with van der Waals surface area (Å²) in [7, 11) is -1.02. The smallest absolute Gasteiger partial charge is 0.191 e. The Morgan fingerprint density at radius 1 is 1.28 bits per heavy atom. The summed E-state index contributed by atoms with van der Waals surface area (Å²) in [6, 6.07) is 6.11. The van der Waals surface area contributed by atoms with Crippen LogP contribution >= 0.6 is 11.8 Å². The zero-order valence-electron chi connectivity index (χ0n) is 14.7. The molecule has 1 aliphatic rings. The fraction of sp³-hybridized carbons (Fsp3) is 0.529. The lowest BCUT2D eigenvalue weighted by Gasteiger charge is -2.11. The van der Waals surface area contributed by atoms with Crippen LogP contribution in [0.5, 0.6) is 5.75 Å². The zero-order valence-corrected chi connectivity index (χ0v) is 16.4. The quantitative estimate of drug-likeness (QED) is 0.565. The SMILES string of the molecule is Cc1cccc(C)c1OCCSc1nnc(C2CCS(=O)(=O)C2)n1C. The van der Waals surface area contributed by atoms with Gasteiger partial charge in [-0.1, -0.05) is 30.0 Å². The molecule has 136 valence electrons. The number of hydrogen-bond acceptors (Lipinski definition) is 6. The van der Waals surface area contributed by atoms with Crippen LogP contribution in [0.3, 0.4) is 0 Å². The Hall–Kier alpha value is -1.54. The van der Waals surface area contributed by atoms with Gasteiger partial charge in [0.2, 0.25) is 0 Å². The maximum absolute atomic E-state index is 11.7. The molecule has 6 nitrogen and oxygen atoms in total. The third-order valence-corrected chi connectivity index (χ3v) is 7.19. The first-order valence-corrected chi connectivity index (χ1v) is 11.1. The Bertz CT molecular complexity index is 842. The molecule has 0 aliphatic carbocycles. The number of aryl methyl sites for hydroxylation is 2. The van der Waals surface area contributed by atoms with Gasteiger partial charge in [-0.25, -0.2) is 8.42 Å². The van der Waals surface area contributed by atoms with Crippen LogP contribution in [-0.4, -0.2) is 47.0 Å². The van der Waals surface area contributed by atoms with Crippen LogP contribution in [0.2, 0.25) is 0 Å². The third kappa shape index (κ3) is 4.17. The molecule has 1 aromatic heterocycles. The van der Waals surface area contributed by atoms with Gasteiger partial charge in [-0.15, -0.1) is 10.2 Å². The van der Waals surface area contributed by atoms with Gasteiger partial charge in [0.15, 0.2) is 15.0 Å². The molecule has 2 aromatic rings. The molecule has 1 atom stereocenters. The Morgan fingerprint density at radius 2 is 2.00 bits per heavy atom. The molecule has 1 aliphatic heterocycles. The first-order valence-electron chi connectivity index (χ1n) is 8.29. The number of para-hydroxylation sites is 1. The number of nitrogens with zero attached hydrogens (tertiary/aromatic N) is 3. The predicted octanol–water partition coefficient (Wildman–Crippen LogP) is 2.51. The van der Waals surface area contributed by atoms with Gasteiger partial charge >= 0.3 is 0 Å². The van der Waals surface area contributed by atoms with E-state index in [4.69, 9.17) is 4.74 Å². The number of hydrogen-bond donors (Lipinski definition) is 0. The number of thioether (sulfide) groups is 1. The van der Waals surface area contributed by atoms with E-state index in [-0.39, 0.29) is 17.4 Å². The standard InChI is InChI=1S/C17H23N3O3S2/c1-12-5-4-6-13(2)15(12)23-8-9-24-17-19-18-16(20(17)3)14-7-10-25(21,22)11-14/h4-6,14H,7-11H2,1-3H3. The zero-order chi connectivity index (χ0) is 18.0. The van der Waals surface area contributed by atoms with E-state index >= 15 is 0 Å². The highest BCUT2D eigenvalue weighted by Gasteiger charge is 2.32. The summed E-state index contributed by atoms with van der Waals surface area (Å²) in [4.78, 5) is 0. The van der Waals surface area contributed by atoms with E-state index in [1.807, 2.05) is 43.7 Å². The molecule has 0 amide bonds. The van der Waals surface area contributed by atoms with Crippen LogP contribution in [0, 0.1) is 13.8 Å². The van der Waals surface area contributed by atoms with Crippen molar-refractivity contribution in [3.05, 3.63) is 35.2 Å². The molecule has 1 aromatic carbocycles. The summed E-state index contributed by atoms with van der Waals surface area (Å²) in [5.74, 6) is 2.85. The first-order chi connectivity index (χ1) is 11.9. The second-order valence-corrected chi connectivity index (χ2v) is 9.71. The Balaban J connectivity index is 1.56. The Kier molecular flexibility index (Phi) is 5.38. The number of rotatable bonds is 6. The minimum absolute atomic E-state index is 0.0392. The van der Waals surface area contributed by atoms with Gasteiger partial charge in [-0.05, 0) is 31.4 Å². The summed E-state index contributed by atoms with van der Waals surface area (Å²) in [6.45, 7) is 4.66. The monoisotopic (exact) mass is 381 g/mol. The largest absolute Gasteiger partial charge is 0.492 e. The fourth-order valence-electron chi connectivity index (χ4n) is 3.11. The molecule has 1 saturated heterocycles. The second kappa shape index (κ2) is 7.37. The van der Waals surface area contributed by atoms with Crippen LogP contribution in [-0.2, 0) is 16.9 Å². The highest BCUT2D eigenvalue weighted by atomic mass is 32.2. The van der Waals surface area contributed by atoms with Crippen molar-refractivity contribution in [2.45, 2.75) is 31.3 Å². The highest BCUT2D eigenvalue weighted by molar-refractivity contribution is 7.99. The second-order valence-electron chi connectivity index (χ2n) is 6.42. The van der Waals surface area contributed by atoms with Crippen LogP contribution in [0.25, 0.3) is 0 Å². The van der Waals surface area contributed by atoms with Crippen LogP contribution < -0.4 is 4.74 Å². The van der Waals surface area contributed by atoms with Crippen LogP contribution in [0.15, 0.2) is 23.4 Å². The molecular formula is C17H23N3O3S2. The van der Waals surface area contributed by atoms with Crippen molar-refractivity contribution in [3.63, 3.8) is 0 Å². The molecule has 25 heavy (non-hydrogen) atoms. The first kappa shape index (κ1) is 18.3. The van der Waals surface area contributed by atoms with E-state index in [2.05, 4.69) is 10.2 Å². The summed E-state index contributed by atoms with van der Waals surface area (Å²) >= 11 is 1.57. The van der Waals surface area contributed by atoms with Crippen molar-refractivity contribution in [1.29, 1.82) is 0 Å². The van der Waals surface area contributed by atoms with Gasteiger partial charge in [0.05, 0.1) is 18.1 Å². The molecule has 8 heteroatoms. The lowest BCUT2D eigenvalue weighted by Crippen LogP contribution is -2.09. The van der Waals surface area contributed by atoms with Gasteiger partial charge in [0, 0.05) is 18.7 Å². The Labute approximate surface area is 152 Å². The number of aromatic nitrogens is 3. The van der Waals surface area contributed by atoms with E-state index in [0.717, 1.165) is 33.6 Å². The van der Waals surface area contributed by atoms with E-state index in [9.17, 15) is 8.42 Å². The molecular weight excluding hydrogens is 358 g/mol. The van der Waals surface area contributed by atoms with Crippen LogP contribution in [0.1, 0.15) is 29.3 Å². The third-order valence-electron chi connectivity index (χ3n) is 4.44. The van der Waals surface area contributed by atoms with Crippen molar-refractivity contribution < 1.29 is 13.2 Å². The Morgan fingerprint density at radius 3 is 2.64 bits per heavy atom. The lowest BCUT2D eigenvalue weighted by atomic mass is 10.1. The molecule has 0 radical (unpaired) electrons. The topological polar surface area (TPSA) is 74.1 Å². The molecule has 0 spiro atoms. The molecule has 2 heterocycles. The number of benzene rings is 1. The molecule has 3 rings (SSSR count). The van der Waals surface area contributed by atoms with Gasteiger partial charge in [-0.2, -0.15) is 0 Å². The maximum Gasteiger partial charge on any atom is 0.191 e. The number of sulfone groups is 1. The van der Waals surface area contributed by atoms with E-state index in [1.165, 1.54) is 0 Å². The van der Waals surface area contributed by atoms with Gasteiger partial charge in [0.1, 0.15) is 11.6 Å². The average Bonchev–Trinajstić information content (AvgIpc) is 3.08. The van der Waals surface area contributed by atoms with Crippen molar-refractivity contribution >= 4 is 21.6 Å². The normalized spacial score (nSPS) is 19.2. The van der Waals surface area contributed by atoms with Crippen molar-refractivity contribution in [1.82, 2.24) is 14.8 Å². The summed E-state index contributed by atoms with van der Waals surface area (Å²) in [6.07, 6.45) is 0.634. The molecule has 0 N–H and O–H groups in total. The van der Waals surface area contributed by atoms with Gasteiger partial charge in [0.25, 0.3) is 0 Å². The lowest BCUT2D eigenvalue weighted by molar-refractivity contribution is 0.339. The molecule has 1 fully saturated rings. The summed E-state index contributed by atoms with van der Waals surface area (Å²) < 4.78 is 31.1. The predicted molar refractivity (Wildman–Crippen MR) is 99.1 cm³/mol. The van der Waals surface area contributed by atoms with Crippen molar-refractivity contribution in [3.8, 4) is 5.75 Å². The molecule has 0 bridgehead atoms. The minimum atomic E-state index is -2.92. The average molecular weight is 382 g/mol. The minimum Gasteiger partial charge on any atom is -0.492 e. The van der Waals surface area contributed by atoms with Crippen LogP contribution in [0.4, 0.5) is 0 Å². The highest BCUT2D eigenvalue weighted by Crippen LogP contribution is 2.29. The van der Waals surface area contributed by atoms with E-state index in [1.54, 1.807) is 11.8 Å². The van der Waals surface area contributed by atoms with Crippen molar-refractivity contribution in [2.75, 3.05) is 23.9 Å². The van der Waals surface area contributed by atoms with Gasteiger partial charge in [-0.3, -0.25) is 0 Å². The summed E-state index contributed by atoms with van der Waals surface area (Å²) in [5.41, 5.74) is 2.27. The summed E-state index contributed by atoms with van der Waals surface area (Å²) in [5, 5.41) is 9.22. The molecule has 0 saturated carbocycles. The van der Waals surface area contributed by atoms with E-state index in [0.29, 0.717) is 13.0 Å². The van der Waals surface area contributed by atoms with E-state index < -0.39 is 9.84 Å². The van der Waals surface area contributed by atoms with Crippen molar-refractivity contribution in [2.24, 2.45) is 7.05 Å². The fourth-order valence-corrected chi connectivity index (χ4v) is 5.58.